The van der Waals surface area contributed by atoms with E-state index in [4.69, 9.17) is 16.3 Å². The summed E-state index contributed by atoms with van der Waals surface area (Å²) in [7, 11) is 0. The van der Waals surface area contributed by atoms with Gasteiger partial charge in [0, 0.05) is 18.3 Å². The highest BCUT2D eigenvalue weighted by Gasteiger charge is 2.25. The van der Waals surface area contributed by atoms with E-state index in [0.29, 0.717) is 34.5 Å². The fraction of sp³-hybridized carbons (Fsp3) is 0.333. The maximum absolute atomic E-state index is 12.2. The van der Waals surface area contributed by atoms with Gasteiger partial charge in [-0.15, -0.1) is 11.3 Å². The molecule has 7 nitrogen and oxygen atoms in total. The summed E-state index contributed by atoms with van der Waals surface area (Å²) in [5.41, 5.74) is 0.963. The maximum Gasteiger partial charge on any atom is 0.312 e. The normalized spacial score (nSPS) is 14.9. The second-order valence-electron chi connectivity index (χ2n) is 6.05. The number of hydrogen-bond donors (Lipinski definition) is 1. The van der Waals surface area contributed by atoms with Gasteiger partial charge in [-0.25, -0.2) is 4.98 Å². The molecule has 1 aromatic heterocycles. The van der Waals surface area contributed by atoms with E-state index in [0.717, 1.165) is 6.42 Å². The number of rotatable bonds is 6. The summed E-state index contributed by atoms with van der Waals surface area (Å²) in [6, 6.07) is 6.80. The Morgan fingerprint density at radius 1 is 1.41 bits per heavy atom. The lowest BCUT2D eigenvalue weighted by Crippen LogP contribution is -2.30. The first-order chi connectivity index (χ1) is 12.9. The minimum atomic E-state index is -0.980. The van der Waals surface area contributed by atoms with E-state index in [1.807, 2.05) is 0 Å². The highest BCUT2D eigenvalue weighted by atomic mass is 35.5. The second kappa shape index (κ2) is 8.49. The number of anilines is 2. The predicted octanol–water partition coefficient (Wildman–Crippen LogP) is 3.04. The molecule has 1 N–H and O–H groups in total. The molecular weight excluding hydrogens is 390 g/mol. The molecule has 1 aromatic carbocycles. The van der Waals surface area contributed by atoms with Crippen LogP contribution in [0.3, 0.4) is 0 Å². The van der Waals surface area contributed by atoms with E-state index >= 15 is 0 Å². The van der Waals surface area contributed by atoms with Crippen molar-refractivity contribution in [2.24, 2.45) is 0 Å². The van der Waals surface area contributed by atoms with Crippen molar-refractivity contribution in [2.45, 2.75) is 32.3 Å². The summed E-state index contributed by atoms with van der Waals surface area (Å²) in [5, 5.41) is 5.33. The van der Waals surface area contributed by atoms with E-state index in [1.54, 1.807) is 34.5 Å². The smallest absolute Gasteiger partial charge is 0.312 e. The van der Waals surface area contributed by atoms with Gasteiger partial charge >= 0.3 is 5.97 Å². The summed E-state index contributed by atoms with van der Waals surface area (Å²) in [5.74, 6) is -0.997. The molecule has 2 heterocycles. The number of thiazole rings is 1. The Balaban J connectivity index is 1.53. The lowest BCUT2D eigenvalue weighted by atomic mass is 10.3. The Labute approximate surface area is 165 Å². The molecule has 1 aliphatic rings. The fourth-order valence-electron chi connectivity index (χ4n) is 2.59. The maximum atomic E-state index is 12.2. The third kappa shape index (κ3) is 4.84. The van der Waals surface area contributed by atoms with Crippen LogP contribution >= 0.6 is 22.9 Å². The topological polar surface area (TPSA) is 88.6 Å². The first kappa shape index (κ1) is 19.3. The molecule has 0 saturated carbocycles. The van der Waals surface area contributed by atoms with Crippen molar-refractivity contribution in [2.75, 3.05) is 16.8 Å². The molecule has 2 aromatic rings. The number of benzene rings is 1. The zero-order valence-electron chi connectivity index (χ0n) is 14.6. The molecule has 0 aliphatic carbocycles. The summed E-state index contributed by atoms with van der Waals surface area (Å²) < 4.78 is 5.17. The van der Waals surface area contributed by atoms with E-state index in [2.05, 4.69) is 10.3 Å². The van der Waals surface area contributed by atoms with Gasteiger partial charge in [0.05, 0.1) is 22.8 Å². The molecule has 1 fully saturated rings. The van der Waals surface area contributed by atoms with Crippen LogP contribution in [0.25, 0.3) is 0 Å². The average molecular weight is 408 g/mol. The first-order valence-electron chi connectivity index (χ1n) is 8.43. The number of halogens is 1. The second-order valence-corrected chi connectivity index (χ2v) is 7.29. The van der Waals surface area contributed by atoms with Crippen LogP contribution in [-0.4, -0.2) is 35.4 Å². The van der Waals surface area contributed by atoms with Crippen LogP contribution in [0.2, 0.25) is 5.02 Å². The Hall–Kier alpha value is -2.45. The first-order valence-corrected chi connectivity index (χ1v) is 9.69. The van der Waals surface area contributed by atoms with E-state index in [9.17, 15) is 14.4 Å². The van der Waals surface area contributed by atoms with Crippen molar-refractivity contribution < 1.29 is 19.1 Å². The van der Waals surface area contributed by atoms with Gasteiger partial charge in [-0.3, -0.25) is 19.3 Å². The quantitative estimate of drug-likeness (QED) is 0.743. The molecular formula is C18H18ClN3O4S. The fourth-order valence-corrected chi connectivity index (χ4v) is 3.64. The van der Waals surface area contributed by atoms with Crippen molar-refractivity contribution in [3.63, 3.8) is 0 Å². The minimum Gasteiger partial charge on any atom is -0.452 e. The number of amides is 2. The molecule has 0 bridgehead atoms. The van der Waals surface area contributed by atoms with Crippen LogP contribution in [0.5, 0.6) is 0 Å². The van der Waals surface area contributed by atoms with E-state index in [-0.39, 0.29) is 12.3 Å². The molecule has 3 rings (SSSR count). The highest BCUT2D eigenvalue weighted by molar-refractivity contribution is 7.14. The number of aromatic nitrogens is 1. The van der Waals surface area contributed by atoms with Crippen LogP contribution in [-0.2, 0) is 25.5 Å². The number of carbonyl (C=O) groups is 3. The van der Waals surface area contributed by atoms with Crippen LogP contribution in [0.1, 0.15) is 25.5 Å². The number of nitrogens with one attached hydrogen (secondary N) is 1. The number of hydrogen-bond acceptors (Lipinski definition) is 6. The van der Waals surface area contributed by atoms with Crippen LogP contribution in [0.15, 0.2) is 29.6 Å². The number of carbonyl (C=O) groups excluding carboxylic acids is 3. The van der Waals surface area contributed by atoms with Gasteiger partial charge in [0.2, 0.25) is 5.91 Å². The number of ether oxygens (including phenoxy) is 1. The number of para-hydroxylation sites is 1. The predicted molar refractivity (Wildman–Crippen MR) is 103 cm³/mol. The van der Waals surface area contributed by atoms with Gasteiger partial charge in [-0.2, -0.15) is 0 Å². The zero-order valence-corrected chi connectivity index (χ0v) is 16.2. The summed E-state index contributed by atoms with van der Waals surface area (Å²) >= 11 is 7.31. The van der Waals surface area contributed by atoms with Crippen LogP contribution < -0.4 is 10.2 Å². The Bertz CT molecular complexity index is 870. The van der Waals surface area contributed by atoms with Gasteiger partial charge in [0.25, 0.3) is 5.91 Å². The van der Waals surface area contributed by atoms with E-state index in [1.165, 1.54) is 18.3 Å². The molecule has 0 radical (unpaired) electrons. The van der Waals surface area contributed by atoms with Gasteiger partial charge < -0.3 is 10.1 Å². The number of esters is 1. The lowest BCUT2D eigenvalue weighted by Gasteiger charge is -2.14. The molecule has 1 atom stereocenters. The van der Waals surface area contributed by atoms with Gasteiger partial charge in [0.15, 0.2) is 11.2 Å². The van der Waals surface area contributed by atoms with Crippen molar-refractivity contribution in [3.8, 4) is 0 Å². The van der Waals surface area contributed by atoms with Crippen molar-refractivity contribution in [1.29, 1.82) is 0 Å². The average Bonchev–Trinajstić information content (AvgIpc) is 3.25. The molecule has 142 valence electrons. The van der Waals surface area contributed by atoms with Gasteiger partial charge in [-0.05, 0) is 25.5 Å². The molecule has 0 spiro atoms. The number of nitrogens with zero attached hydrogens (tertiary/aromatic N) is 2. The molecule has 2 amide bonds. The van der Waals surface area contributed by atoms with Gasteiger partial charge in [-0.1, -0.05) is 23.7 Å². The largest absolute Gasteiger partial charge is 0.452 e. The molecule has 1 saturated heterocycles. The van der Waals surface area contributed by atoms with E-state index < -0.39 is 18.0 Å². The summed E-state index contributed by atoms with van der Waals surface area (Å²) in [4.78, 5) is 42.0. The Morgan fingerprint density at radius 2 is 2.19 bits per heavy atom. The van der Waals surface area contributed by atoms with Crippen LogP contribution in [0.4, 0.5) is 10.8 Å². The lowest BCUT2D eigenvalue weighted by molar-refractivity contribution is -0.152. The molecule has 27 heavy (non-hydrogen) atoms. The molecule has 9 heteroatoms. The summed E-state index contributed by atoms with van der Waals surface area (Å²) in [6.07, 6.45) is 0.289. The van der Waals surface area contributed by atoms with Crippen molar-refractivity contribution >= 4 is 51.5 Å². The zero-order chi connectivity index (χ0) is 19.4. The molecule has 1 unspecified atom stereocenters. The standard InChI is InChI=1S/C18H18ClN3O4S/c1-11(17(25)21-14-6-3-2-5-13(14)19)26-16(24)9-12-10-27-18(20-12)22-8-4-7-15(22)23/h2-3,5-6,10-11H,4,7-9H2,1H3,(H,21,25). The van der Waals surface area contributed by atoms with Crippen molar-refractivity contribution in [3.05, 3.63) is 40.4 Å². The molecule has 1 aliphatic heterocycles. The van der Waals surface area contributed by atoms with Crippen molar-refractivity contribution in [1.82, 2.24) is 4.98 Å². The Morgan fingerprint density at radius 3 is 2.89 bits per heavy atom. The third-order valence-electron chi connectivity index (χ3n) is 3.98. The Kier molecular flexibility index (Phi) is 6.08. The third-order valence-corrected chi connectivity index (χ3v) is 5.22. The summed E-state index contributed by atoms with van der Waals surface area (Å²) in [6.45, 7) is 2.13. The highest BCUT2D eigenvalue weighted by Crippen LogP contribution is 2.25. The van der Waals surface area contributed by atoms with Gasteiger partial charge in [0.1, 0.15) is 0 Å². The monoisotopic (exact) mass is 407 g/mol. The SMILES string of the molecule is CC(OC(=O)Cc1csc(N2CCCC2=O)n1)C(=O)Nc1ccccc1Cl. The minimum absolute atomic E-state index is 0.0448. The van der Waals surface area contributed by atoms with Crippen LogP contribution in [0, 0.1) is 0 Å².